The van der Waals surface area contributed by atoms with Crippen molar-refractivity contribution < 1.29 is 4.79 Å². The van der Waals surface area contributed by atoms with E-state index >= 15 is 0 Å². The molecule has 1 fully saturated rings. The van der Waals surface area contributed by atoms with Crippen molar-refractivity contribution >= 4 is 19.1 Å². The highest BCUT2D eigenvalue weighted by Crippen LogP contribution is 2.32. The van der Waals surface area contributed by atoms with Crippen LogP contribution >= 0.6 is 0 Å². The molecule has 1 aliphatic carbocycles. The van der Waals surface area contributed by atoms with Crippen LogP contribution in [-0.4, -0.2) is 13.6 Å². The van der Waals surface area contributed by atoms with E-state index in [9.17, 15) is 4.79 Å². The first-order valence-electron chi connectivity index (χ1n) is 4.17. The van der Waals surface area contributed by atoms with Gasteiger partial charge in [-0.3, -0.25) is 4.79 Å². The second-order valence-corrected chi connectivity index (χ2v) is 3.26. The average molecular weight is 156 g/mol. The first kappa shape index (κ1) is 7.60. The predicted octanol–water partition coefficient (Wildman–Crippen LogP) is 1.07. The summed E-state index contributed by atoms with van der Waals surface area (Å²) in [5.41, 5.74) is 1.43. The highest BCUT2D eigenvalue weighted by Gasteiger charge is 2.30. The molecule has 0 amide bonds. The maximum Gasteiger partial charge on any atom is 0.165 e. The zero-order valence-corrected chi connectivity index (χ0v) is 6.79. The Bertz CT molecular complexity index is 315. The van der Waals surface area contributed by atoms with Crippen LogP contribution in [0.5, 0.6) is 0 Å². The minimum Gasteiger partial charge on any atom is -0.294 e. The van der Waals surface area contributed by atoms with Crippen LogP contribution in [0.2, 0.25) is 0 Å². The largest absolute Gasteiger partial charge is 0.294 e. The van der Waals surface area contributed by atoms with Crippen LogP contribution in [0.25, 0.3) is 0 Å². The van der Waals surface area contributed by atoms with Crippen molar-refractivity contribution in [2.24, 2.45) is 5.92 Å². The molecule has 0 aliphatic heterocycles. The van der Waals surface area contributed by atoms with Gasteiger partial charge in [0, 0.05) is 11.5 Å². The molecule has 0 saturated heterocycles. The van der Waals surface area contributed by atoms with E-state index in [-0.39, 0.29) is 11.7 Å². The number of carbonyl (C=O) groups is 1. The predicted molar refractivity (Wildman–Crippen MR) is 48.9 cm³/mol. The summed E-state index contributed by atoms with van der Waals surface area (Å²) in [4.78, 5) is 11.5. The number of hydrogen-bond donors (Lipinski definition) is 0. The van der Waals surface area contributed by atoms with Gasteiger partial charge in [0.05, 0.1) is 0 Å². The van der Waals surface area contributed by atoms with Crippen LogP contribution in [0, 0.1) is 5.92 Å². The number of Topliss-reactive ketones (excluding diaryl/α,β-unsaturated/α-hetero) is 1. The van der Waals surface area contributed by atoms with E-state index in [1.807, 2.05) is 12.1 Å². The minimum atomic E-state index is 0.252. The summed E-state index contributed by atoms with van der Waals surface area (Å²) in [5, 5.41) is 0. The van der Waals surface area contributed by atoms with Crippen molar-refractivity contribution in [3.63, 3.8) is 0 Å². The third kappa shape index (κ3) is 1.42. The van der Waals surface area contributed by atoms with Gasteiger partial charge in [0.2, 0.25) is 0 Å². The van der Waals surface area contributed by atoms with Crippen molar-refractivity contribution in [3.05, 3.63) is 29.8 Å². The second kappa shape index (κ2) is 2.78. The quantitative estimate of drug-likeness (QED) is 0.462. The lowest BCUT2D eigenvalue weighted by molar-refractivity contribution is 0.0968. The molecule has 1 aliphatic rings. The summed E-state index contributed by atoms with van der Waals surface area (Å²) >= 11 is 0. The Morgan fingerprint density at radius 2 is 2.17 bits per heavy atom. The summed E-state index contributed by atoms with van der Waals surface area (Å²) in [7, 11) is 5.56. The molecule has 0 heterocycles. The Morgan fingerprint density at radius 3 is 2.75 bits per heavy atom. The van der Waals surface area contributed by atoms with Crippen LogP contribution < -0.4 is 5.46 Å². The van der Waals surface area contributed by atoms with Gasteiger partial charge in [-0.05, 0) is 12.8 Å². The van der Waals surface area contributed by atoms with Crippen LogP contribution in [-0.2, 0) is 0 Å². The fourth-order valence-corrected chi connectivity index (χ4v) is 1.27. The number of rotatable bonds is 2. The molecule has 1 saturated carbocycles. The zero-order chi connectivity index (χ0) is 8.55. The Labute approximate surface area is 73.2 Å². The first-order chi connectivity index (χ1) is 5.77. The molecule has 1 nitrogen and oxygen atoms in total. The smallest absolute Gasteiger partial charge is 0.165 e. The molecule has 0 unspecified atom stereocenters. The van der Waals surface area contributed by atoms with Crippen molar-refractivity contribution in [1.29, 1.82) is 0 Å². The molecule has 1 aromatic carbocycles. The third-order valence-corrected chi connectivity index (χ3v) is 2.12. The monoisotopic (exact) mass is 156 g/mol. The fraction of sp³-hybridized carbons (Fsp3) is 0.300. The number of ketones is 1. The van der Waals surface area contributed by atoms with Crippen molar-refractivity contribution in [3.8, 4) is 0 Å². The molecule has 2 rings (SSSR count). The second-order valence-electron chi connectivity index (χ2n) is 3.26. The van der Waals surface area contributed by atoms with Crippen LogP contribution in [0.15, 0.2) is 24.3 Å². The molecule has 0 bridgehead atoms. The van der Waals surface area contributed by atoms with E-state index in [1.54, 1.807) is 12.1 Å². The lowest BCUT2D eigenvalue weighted by atomic mass is 9.93. The Balaban J connectivity index is 2.26. The Kier molecular flexibility index (Phi) is 1.76. The molecule has 0 atom stereocenters. The molecule has 2 heteroatoms. The molecule has 58 valence electrons. The summed E-state index contributed by atoms with van der Waals surface area (Å²) in [6.07, 6.45) is 2.10. The maximum absolute atomic E-state index is 11.5. The van der Waals surface area contributed by atoms with E-state index in [4.69, 9.17) is 7.85 Å². The lowest BCUT2D eigenvalue weighted by Crippen LogP contribution is -2.08. The first-order valence-corrected chi connectivity index (χ1v) is 4.17. The van der Waals surface area contributed by atoms with E-state index in [2.05, 4.69) is 0 Å². The van der Waals surface area contributed by atoms with E-state index in [0.717, 1.165) is 18.4 Å². The molecule has 12 heavy (non-hydrogen) atoms. The molecule has 2 radical (unpaired) electrons. The number of hydrogen-bond acceptors (Lipinski definition) is 1. The molecule has 0 spiro atoms. The van der Waals surface area contributed by atoms with Crippen LogP contribution in [0.1, 0.15) is 23.2 Å². The average Bonchev–Trinajstić information content (AvgIpc) is 2.85. The number of benzene rings is 1. The zero-order valence-electron chi connectivity index (χ0n) is 6.79. The van der Waals surface area contributed by atoms with Gasteiger partial charge in [-0.2, -0.15) is 0 Å². The SMILES string of the molecule is [B]c1cccc(C(=O)C2CC2)c1. The van der Waals surface area contributed by atoms with Crippen molar-refractivity contribution in [2.45, 2.75) is 12.8 Å². The normalized spacial score (nSPS) is 16.0. The van der Waals surface area contributed by atoms with E-state index in [1.165, 1.54) is 0 Å². The summed E-state index contributed by atoms with van der Waals surface area (Å²) in [5.74, 6) is 0.536. The Hall–Kier alpha value is -1.05. The summed E-state index contributed by atoms with van der Waals surface area (Å²) < 4.78 is 0. The van der Waals surface area contributed by atoms with Gasteiger partial charge in [0.1, 0.15) is 7.85 Å². The molecule has 0 N–H and O–H groups in total. The highest BCUT2D eigenvalue weighted by molar-refractivity contribution is 6.32. The van der Waals surface area contributed by atoms with Crippen LogP contribution in [0.3, 0.4) is 0 Å². The molecular formula is C10H9BO. The summed E-state index contributed by atoms with van der Waals surface area (Å²) in [6, 6.07) is 7.20. The molecule has 0 aromatic heterocycles. The molecular weight excluding hydrogens is 147 g/mol. The van der Waals surface area contributed by atoms with Gasteiger partial charge in [-0.25, -0.2) is 0 Å². The lowest BCUT2D eigenvalue weighted by Gasteiger charge is -1.99. The standard InChI is InChI=1S/C10H9BO/c11-9-3-1-2-8(6-9)10(12)7-4-5-7/h1-3,6-7H,4-5H2. The van der Waals surface area contributed by atoms with E-state index in [0.29, 0.717) is 5.46 Å². The van der Waals surface area contributed by atoms with Gasteiger partial charge >= 0.3 is 0 Å². The minimum absolute atomic E-state index is 0.252. The molecule has 1 aromatic rings. The fourth-order valence-electron chi connectivity index (χ4n) is 1.27. The van der Waals surface area contributed by atoms with E-state index < -0.39 is 0 Å². The topological polar surface area (TPSA) is 17.1 Å². The van der Waals surface area contributed by atoms with Gasteiger partial charge in [-0.1, -0.05) is 29.7 Å². The Morgan fingerprint density at radius 1 is 1.42 bits per heavy atom. The highest BCUT2D eigenvalue weighted by atomic mass is 16.1. The maximum atomic E-state index is 11.5. The van der Waals surface area contributed by atoms with Gasteiger partial charge in [-0.15, -0.1) is 0 Å². The van der Waals surface area contributed by atoms with Crippen LogP contribution in [0.4, 0.5) is 0 Å². The summed E-state index contributed by atoms with van der Waals surface area (Å²) in [6.45, 7) is 0. The number of carbonyl (C=O) groups excluding carboxylic acids is 1. The van der Waals surface area contributed by atoms with Crippen molar-refractivity contribution in [1.82, 2.24) is 0 Å². The van der Waals surface area contributed by atoms with Gasteiger partial charge < -0.3 is 0 Å². The van der Waals surface area contributed by atoms with Gasteiger partial charge in [0.25, 0.3) is 0 Å². The third-order valence-electron chi connectivity index (χ3n) is 2.12. The van der Waals surface area contributed by atoms with Crippen molar-refractivity contribution in [2.75, 3.05) is 0 Å². The van der Waals surface area contributed by atoms with Gasteiger partial charge in [0.15, 0.2) is 5.78 Å².